The van der Waals surface area contributed by atoms with Gasteiger partial charge >= 0.3 is 0 Å². The molecule has 0 heterocycles. The van der Waals surface area contributed by atoms with E-state index in [4.69, 9.17) is 33.2 Å². The molecule has 0 aliphatic carbocycles. The Kier molecular flexibility index (Phi) is 11.1. The van der Waals surface area contributed by atoms with Crippen LogP contribution in [-0.4, -0.2) is 61.5 Å². The number of anilines is 2. The highest BCUT2D eigenvalue weighted by atomic mass is 16.5. The SMILES string of the molecule is COc1cc(OC)c(/C=C/C(=O)Nc2ccc(OC)c(N/C=C/C(=O)c3cc(OC)c(OC)c(OC)c3)c2)c(OC)c1. The molecule has 0 aliphatic heterocycles. The lowest BCUT2D eigenvalue weighted by atomic mass is 10.1. The van der Waals surface area contributed by atoms with Crippen molar-refractivity contribution >= 4 is 29.1 Å². The minimum Gasteiger partial charge on any atom is -0.496 e. The van der Waals surface area contributed by atoms with Crippen molar-refractivity contribution in [1.29, 1.82) is 0 Å². The van der Waals surface area contributed by atoms with Crippen molar-refractivity contribution in [2.24, 2.45) is 0 Å². The Hall–Kier alpha value is -5.32. The highest BCUT2D eigenvalue weighted by Crippen LogP contribution is 2.38. The number of hydrogen-bond acceptors (Lipinski definition) is 10. The van der Waals surface area contributed by atoms with E-state index in [1.807, 2.05) is 0 Å². The standard InChI is InChI=1S/C31H34N2O9/c1-36-21-17-26(38-3)22(27(18-21)39-4)9-11-30(35)33-20-8-10-25(37-2)23(16-20)32-13-12-24(34)19-14-28(40-5)31(42-7)29(15-19)41-6/h8-18,32H,1-7H3,(H,33,35)/b11-9+,13-12+. The van der Waals surface area contributed by atoms with Gasteiger partial charge in [0.2, 0.25) is 11.7 Å². The molecular formula is C31H34N2O9. The molecule has 1 amide bonds. The summed E-state index contributed by atoms with van der Waals surface area (Å²) in [6.45, 7) is 0. The molecular weight excluding hydrogens is 544 g/mol. The third-order valence-corrected chi connectivity index (χ3v) is 6.04. The average molecular weight is 579 g/mol. The predicted molar refractivity (Wildman–Crippen MR) is 160 cm³/mol. The first-order valence-electron chi connectivity index (χ1n) is 12.6. The maximum Gasteiger partial charge on any atom is 0.248 e. The van der Waals surface area contributed by atoms with Gasteiger partial charge in [-0.25, -0.2) is 0 Å². The van der Waals surface area contributed by atoms with Gasteiger partial charge in [0.05, 0.1) is 61.0 Å². The summed E-state index contributed by atoms with van der Waals surface area (Å²) in [4.78, 5) is 25.6. The van der Waals surface area contributed by atoms with Gasteiger partial charge in [0.25, 0.3) is 0 Å². The quantitative estimate of drug-likeness (QED) is 0.195. The number of hydrogen-bond donors (Lipinski definition) is 2. The Morgan fingerprint density at radius 2 is 1.24 bits per heavy atom. The van der Waals surface area contributed by atoms with Crippen LogP contribution in [0.1, 0.15) is 15.9 Å². The average Bonchev–Trinajstić information content (AvgIpc) is 3.02. The fraction of sp³-hybridized carbons (Fsp3) is 0.226. The van der Waals surface area contributed by atoms with Gasteiger partial charge in [-0.05, 0) is 36.4 Å². The molecule has 2 N–H and O–H groups in total. The van der Waals surface area contributed by atoms with Crippen LogP contribution in [0.5, 0.6) is 40.2 Å². The number of amides is 1. The molecule has 0 saturated heterocycles. The van der Waals surface area contributed by atoms with E-state index in [9.17, 15) is 9.59 Å². The van der Waals surface area contributed by atoms with Crippen LogP contribution in [0.3, 0.4) is 0 Å². The van der Waals surface area contributed by atoms with E-state index in [1.54, 1.807) is 55.7 Å². The third-order valence-electron chi connectivity index (χ3n) is 6.04. The first-order valence-corrected chi connectivity index (χ1v) is 12.6. The van der Waals surface area contributed by atoms with Crippen LogP contribution >= 0.6 is 0 Å². The summed E-state index contributed by atoms with van der Waals surface area (Å²) in [6, 6.07) is 11.6. The second-order valence-corrected chi connectivity index (χ2v) is 8.44. The van der Waals surface area contributed by atoms with Crippen molar-refractivity contribution in [2.75, 3.05) is 60.4 Å². The molecule has 3 aromatic rings. The summed E-state index contributed by atoms with van der Waals surface area (Å²) >= 11 is 0. The van der Waals surface area contributed by atoms with Gasteiger partial charge < -0.3 is 43.8 Å². The van der Waals surface area contributed by atoms with Crippen molar-refractivity contribution in [2.45, 2.75) is 0 Å². The Labute approximate surface area is 244 Å². The number of nitrogens with one attached hydrogen (secondary N) is 2. The van der Waals surface area contributed by atoms with Crippen LogP contribution in [0.25, 0.3) is 6.08 Å². The molecule has 0 atom stereocenters. The lowest BCUT2D eigenvalue weighted by molar-refractivity contribution is -0.111. The molecule has 3 aromatic carbocycles. The van der Waals surface area contributed by atoms with Gasteiger partial charge in [0, 0.05) is 41.7 Å². The number of ketones is 1. The van der Waals surface area contributed by atoms with E-state index in [0.29, 0.717) is 62.7 Å². The first kappa shape index (κ1) is 31.2. The molecule has 0 spiro atoms. The number of benzene rings is 3. The van der Waals surface area contributed by atoms with Crippen molar-refractivity contribution in [1.82, 2.24) is 0 Å². The highest BCUT2D eigenvalue weighted by Gasteiger charge is 2.16. The maximum absolute atomic E-state index is 12.9. The molecule has 0 saturated carbocycles. The van der Waals surface area contributed by atoms with Gasteiger partial charge in [0.1, 0.15) is 23.0 Å². The Morgan fingerprint density at radius 3 is 1.76 bits per heavy atom. The number of carbonyl (C=O) groups excluding carboxylic acids is 2. The lowest BCUT2D eigenvalue weighted by Gasteiger charge is -2.13. The molecule has 11 heteroatoms. The second kappa shape index (κ2) is 14.9. The molecule has 0 bridgehead atoms. The fourth-order valence-corrected chi connectivity index (χ4v) is 3.97. The zero-order chi connectivity index (χ0) is 30.6. The number of carbonyl (C=O) groups is 2. The highest BCUT2D eigenvalue weighted by molar-refractivity contribution is 6.05. The topological polar surface area (TPSA) is 123 Å². The maximum atomic E-state index is 12.9. The lowest BCUT2D eigenvalue weighted by Crippen LogP contribution is -2.08. The van der Waals surface area contributed by atoms with Gasteiger partial charge in [-0.3, -0.25) is 9.59 Å². The summed E-state index contributed by atoms with van der Waals surface area (Å²) in [5.74, 6) is 2.45. The molecule has 0 fully saturated rings. The summed E-state index contributed by atoms with van der Waals surface area (Å²) in [6.07, 6.45) is 5.77. The smallest absolute Gasteiger partial charge is 0.248 e. The van der Waals surface area contributed by atoms with Crippen LogP contribution in [0.2, 0.25) is 0 Å². The van der Waals surface area contributed by atoms with Crippen LogP contribution in [0.15, 0.2) is 60.8 Å². The fourth-order valence-electron chi connectivity index (χ4n) is 3.97. The van der Waals surface area contributed by atoms with E-state index in [1.165, 1.54) is 61.0 Å². The van der Waals surface area contributed by atoms with Crippen molar-refractivity contribution in [3.8, 4) is 40.2 Å². The van der Waals surface area contributed by atoms with Crippen LogP contribution in [0, 0.1) is 0 Å². The Bertz CT molecular complexity index is 1430. The molecule has 0 aliphatic rings. The Balaban J connectivity index is 1.76. The third kappa shape index (κ3) is 7.45. The summed E-state index contributed by atoms with van der Waals surface area (Å²) in [5.41, 5.74) is 1.93. The van der Waals surface area contributed by atoms with Crippen LogP contribution in [0.4, 0.5) is 11.4 Å². The van der Waals surface area contributed by atoms with Gasteiger partial charge in [-0.1, -0.05) is 0 Å². The van der Waals surface area contributed by atoms with Gasteiger partial charge in [0.15, 0.2) is 17.3 Å². The minimum atomic E-state index is -0.390. The molecule has 3 rings (SSSR count). The number of rotatable bonds is 14. The van der Waals surface area contributed by atoms with E-state index in [2.05, 4.69) is 10.6 Å². The van der Waals surface area contributed by atoms with Gasteiger partial charge in [-0.2, -0.15) is 0 Å². The Morgan fingerprint density at radius 1 is 0.643 bits per heavy atom. The van der Waals surface area contributed by atoms with E-state index in [0.717, 1.165) is 0 Å². The van der Waals surface area contributed by atoms with E-state index < -0.39 is 0 Å². The van der Waals surface area contributed by atoms with Gasteiger partial charge in [-0.15, -0.1) is 0 Å². The number of allylic oxidation sites excluding steroid dienone is 1. The van der Waals surface area contributed by atoms with Crippen molar-refractivity contribution < 1.29 is 42.7 Å². The second-order valence-electron chi connectivity index (χ2n) is 8.44. The normalized spacial score (nSPS) is 10.7. The number of ether oxygens (including phenoxy) is 7. The van der Waals surface area contributed by atoms with E-state index in [-0.39, 0.29) is 11.7 Å². The predicted octanol–water partition coefficient (Wildman–Crippen LogP) is 5.21. The first-order chi connectivity index (χ1) is 20.3. The van der Waals surface area contributed by atoms with Crippen LogP contribution in [-0.2, 0) is 4.79 Å². The van der Waals surface area contributed by atoms with Crippen LogP contribution < -0.4 is 43.8 Å². The zero-order valence-electron chi connectivity index (χ0n) is 24.5. The minimum absolute atomic E-state index is 0.306. The van der Waals surface area contributed by atoms with Crippen molar-refractivity contribution in [3.05, 3.63) is 71.9 Å². The summed E-state index contributed by atoms with van der Waals surface area (Å²) < 4.78 is 37.5. The summed E-state index contributed by atoms with van der Waals surface area (Å²) in [5, 5.41) is 5.83. The molecule has 222 valence electrons. The largest absolute Gasteiger partial charge is 0.496 e. The summed E-state index contributed by atoms with van der Waals surface area (Å²) in [7, 11) is 10.5. The van der Waals surface area contributed by atoms with E-state index >= 15 is 0 Å². The molecule has 42 heavy (non-hydrogen) atoms. The molecule has 0 aromatic heterocycles. The molecule has 0 radical (unpaired) electrons. The molecule has 11 nitrogen and oxygen atoms in total. The van der Waals surface area contributed by atoms with Crippen molar-refractivity contribution in [3.63, 3.8) is 0 Å². The number of methoxy groups -OCH3 is 7. The zero-order valence-corrected chi connectivity index (χ0v) is 24.5. The molecule has 0 unspecified atom stereocenters. The monoisotopic (exact) mass is 578 g/mol.